The number of pyridine rings is 1. The third kappa shape index (κ3) is 7.35. The van der Waals surface area contributed by atoms with Crippen molar-refractivity contribution < 1.29 is 14.3 Å². The highest BCUT2D eigenvalue weighted by Gasteiger charge is 2.64. The van der Waals surface area contributed by atoms with Crippen molar-refractivity contribution in [3.63, 3.8) is 0 Å². The Hall–Kier alpha value is -6.56. The molecule has 62 heavy (non-hydrogen) atoms. The van der Waals surface area contributed by atoms with Crippen molar-refractivity contribution in [1.82, 2.24) is 29.7 Å². The van der Waals surface area contributed by atoms with Crippen LogP contribution >= 0.6 is 11.6 Å². The van der Waals surface area contributed by atoms with Crippen LogP contribution in [-0.4, -0.2) is 87.8 Å². The summed E-state index contributed by atoms with van der Waals surface area (Å²) in [5, 5.41) is 13.6. The van der Waals surface area contributed by atoms with Gasteiger partial charge >= 0.3 is 0 Å². The molecule has 3 aromatic heterocycles. The van der Waals surface area contributed by atoms with E-state index in [0.29, 0.717) is 56.6 Å². The number of nitrogen functional groups attached to an aromatic ring is 1. The molecule has 5 heterocycles. The number of anilines is 3. The molecule has 1 aliphatic carbocycles. The maximum absolute atomic E-state index is 13.5. The number of aryl methyl sites for hydroxylation is 1. The van der Waals surface area contributed by atoms with E-state index < -0.39 is 0 Å². The fraction of sp³-hybridized carbons (Fsp3) is 0.340. The number of nitrogens with two attached hydrogens (primary N) is 1. The second-order valence-corrected chi connectivity index (χ2v) is 18.1. The summed E-state index contributed by atoms with van der Waals surface area (Å²) < 4.78 is 14.5. The molecule has 2 saturated heterocycles. The molecule has 15 heteroatoms. The van der Waals surface area contributed by atoms with Crippen molar-refractivity contribution in [2.45, 2.75) is 45.9 Å². The molecule has 3 aromatic carbocycles. The smallest absolute Gasteiger partial charge is 0.274 e. The number of carbonyl (C=O) groups excluding carboxylic acids is 1. The molecule has 9 rings (SSSR count). The molecule has 0 radical (unpaired) electrons. The number of aromatic amines is 1. The lowest BCUT2D eigenvalue weighted by atomic mass is 9.49. The summed E-state index contributed by atoms with van der Waals surface area (Å²) in [6.07, 6.45) is 6.60. The molecule has 2 aliphatic heterocycles. The number of piperazine rings is 1. The van der Waals surface area contributed by atoms with Gasteiger partial charge in [-0.3, -0.25) is 14.5 Å². The molecule has 3 aliphatic rings. The van der Waals surface area contributed by atoms with E-state index >= 15 is 0 Å². The van der Waals surface area contributed by atoms with Crippen LogP contribution in [0.1, 0.15) is 43.6 Å². The lowest BCUT2D eigenvalue weighted by Gasteiger charge is -2.63. The first-order valence-electron chi connectivity index (χ1n) is 20.8. The maximum Gasteiger partial charge on any atom is 0.274 e. The van der Waals surface area contributed by atoms with Gasteiger partial charge in [0.1, 0.15) is 34.9 Å². The van der Waals surface area contributed by atoms with Gasteiger partial charge in [0.15, 0.2) is 0 Å². The Bertz CT molecular complexity index is 2760. The zero-order valence-corrected chi connectivity index (χ0v) is 36.1. The first-order valence-corrected chi connectivity index (χ1v) is 21.2. The van der Waals surface area contributed by atoms with Gasteiger partial charge in [0.25, 0.3) is 11.5 Å². The summed E-state index contributed by atoms with van der Waals surface area (Å²) in [5.74, 6) is 2.33. The van der Waals surface area contributed by atoms with Crippen LogP contribution in [0.2, 0.25) is 5.02 Å². The summed E-state index contributed by atoms with van der Waals surface area (Å²) in [5.41, 5.74) is 10.1. The van der Waals surface area contributed by atoms with Gasteiger partial charge in [-0.05, 0) is 48.5 Å². The fourth-order valence-electron chi connectivity index (χ4n) is 9.80. The average Bonchev–Trinajstić information content (AvgIpc) is 3.74. The summed E-state index contributed by atoms with van der Waals surface area (Å²) >= 11 is 6.26. The molecule has 0 atom stereocenters. The van der Waals surface area contributed by atoms with Crippen LogP contribution in [0, 0.1) is 22.2 Å². The number of ether oxygens (including phenoxy) is 2. The van der Waals surface area contributed by atoms with Crippen LogP contribution in [0.25, 0.3) is 22.0 Å². The highest BCUT2D eigenvalue weighted by Crippen LogP contribution is 2.55. The molecule has 0 unspecified atom stereocenters. The van der Waals surface area contributed by atoms with Gasteiger partial charge < -0.3 is 39.9 Å². The Morgan fingerprint density at radius 3 is 2.39 bits per heavy atom. The van der Waals surface area contributed by atoms with Gasteiger partial charge in [0, 0.05) is 134 Å². The second kappa shape index (κ2) is 15.7. The van der Waals surface area contributed by atoms with E-state index in [1.165, 1.54) is 0 Å². The molecule has 0 bridgehead atoms. The quantitative estimate of drug-likeness (QED) is 0.123. The third-order valence-electron chi connectivity index (χ3n) is 12.9. The average molecular weight is 853 g/mol. The van der Waals surface area contributed by atoms with Crippen LogP contribution in [0.3, 0.4) is 0 Å². The van der Waals surface area contributed by atoms with Crippen LogP contribution in [-0.2, 0) is 7.05 Å². The normalized spacial score (nSPS) is 19.6. The number of hydrogen-bond donors (Lipinski definition) is 3. The molecule has 6 aromatic rings. The molecule has 318 valence electrons. The number of hydrogen-bond acceptors (Lipinski definition) is 11. The van der Waals surface area contributed by atoms with Gasteiger partial charge in [0.05, 0.1) is 16.1 Å². The minimum atomic E-state index is -0.386. The number of halogens is 1. The number of amides is 1. The van der Waals surface area contributed by atoms with Crippen molar-refractivity contribution >= 4 is 45.7 Å². The number of aromatic nitrogens is 4. The molecular formula is C47H49ClN10O4. The number of benzene rings is 3. The van der Waals surface area contributed by atoms with Crippen LogP contribution in [0.5, 0.6) is 17.2 Å². The van der Waals surface area contributed by atoms with E-state index in [1.807, 2.05) is 42.6 Å². The first kappa shape index (κ1) is 40.8. The van der Waals surface area contributed by atoms with Crippen molar-refractivity contribution in [2.75, 3.05) is 54.8 Å². The van der Waals surface area contributed by atoms with Crippen LogP contribution < -0.4 is 35.9 Å². The predicted molar refractivity (Wildman–Crippen MR) is 241 cm³/mol. The fourth-order valence-corrected chi connectivity index (χ4v) is 10.0. The number of fused-ring (bicyclic) bond motifs is 1. The molecule has 1 amide bonds. The topological polar surface area (TPSA) is 171 Å². The van der Waals surface area contributed by atoms with E-state index in [2.05, 4.69) is 80.9 Å². The monoisotopic (exact) mass is 852 g/mol. The standard InChI is InChI=1S/C47H49ClN10O4/c1-46(2)43(47(3,4)44(46)62-34-11-9-28(22-49)38(48)21-34)54-41(59)29-23-52-45(53-24-29)57-17-15-56(16-18-57)32-25-58(26-32)31-7-6-8-33(20-31)61-39-12-10-30(50)19-36(39)37-27-55(5)42(60)40-35(37)13-14-51-40/h6-14,19-21,23-24,27,32,43-44,51H,15-18,25-26,50H2,1-5H3,(H,54,59). The zero-order chi connectivity index (χ0) is 43.5. The van der Waals surface area contributed by atoms with E-state index in [-0.39, 0.29) is 34.4 Å². The predicted octanol–water partition coefficient (Wildman–Crippen LogP) is 6.85. The SMILES string of the molecule is Cn1cc(-c2cc(N)ccc2Oc2cccc(N3CC(N4CCN(c5ncc(C(=O)NC6C(C)(C)C(Oc7ccc(C#N)c(Cl)c7)C6(C)C)cn5)CC4)C3)c2)c2cc[nH]c2c1=O. The number of rotatable bonds is 10. The lowest BCUT2D eigenvalue weighted by molar-refractivity contribution is -0.164. The van der Waals surface area contributed by atoms with Gasteiger partial charge in [-0.15, -0.1) is 0 Å². The maximum atomic E-state index is 13.5. The van der Waals surface area contributed by atoms with Gasteiger partial charge in [0.2, 0.25) is 5.95 Å². The molecule has 4 N–H and O–H groups in total. The number of carbonyl (C=O) groups is 1. The Balaban J connectivity index is 0.773. The zero-order valence-electron chi connectivity index (χ0n) is 35.4. The molecular weight excluding hydrogens is 804 g/mol. The summed E-state index contributed by atoms with van der Waals surface area (Å²) in [6.45, 7) is 13.5. The largest absolute Gasteiger partial charge is 0.489 e. The van der Waals surface area contributed by atoms with Crippen molar-refractivity contribution in [1.29, 1.82) is 5.26 Å². The summed E-state index contributed by atoms with van der Waals surface area (Å²) in [4.78, 5) is 45.6. The lowest BCUT2D eigenvalue weighted by Crippen LogP contribution is -2.74. The van der Waals surface area contributed by atoms with Gasteiger partial charge in [-0.1, -0.05) is 45.4 Å². The van der Waals surface area contributed by atoms with Gasteiger partial charge in [-0.25, -0.2) is 9.97 Å². The summed E-state index contributed by atoms with van der Waals surface area (Å²) in [7, 11) is 1.74. The van der Waals surface area contributed by atoms with E-state index in [0.717, 1.165) is 61.5 Å². The van der Waals surface area contributed by atoms with E-state index in [4.69, 9.17) is 26.8 Å². The van der Waals surface area contributed by atoms with Crippen molar-refractivity contribution in [3.8, 4) is 34.4 Å². The van der Waals surface area contributed by atoms with Crippen molar-refractivity contribution in [3.05, 3.63) is 118 Å². The molecule has 1 saturated carbocycles. The van der Waals surface area contributed by atoms with E-state index in [1.54, 1.807) is 48.4 Å². The second-order valence-electron chi connectivity index (χ2n) is 17.7. The van der Waals surface area contributed by atoms with Crippen molar-refractivity contribution in [2.24, 2.45) is 17.9 Å². The first-order chi connectivity index (χ1) is 29.7. The third-order valence-corrected chi connectivity index (χ3v) is 13.2. The Labute approximate surface area is 364 Å². The van der Waals surface area contributed by atoms with E-state index in [9.17, 15) is 14.9 Å². The minimum absolute atomic E-state index is 0.0976. The van der Waals surface area contributed by atoms with Crippen LogP contribution in [0.15, 0.2) is 96.3 Å². The van der Waals surface area contributed by atoms with Gasteiger partial charge in [-0.2, -0.15) is 5.26 Å². The molecule has 14 nitrogen and oxygen atoms in total. The molecule has 3 fully saturated rings. The highest BCUT2D eigenvalue weighted by atomic mass is 35.5. The Morgan fingerprint density at radius 2 is 1.68 bits per heavy atom. The Kier molecular flexibility index (Phi) is 10.4. The minimum Gasteiger partial charge on any atom is -0.489 e. The summed E-state index contributed by atoms with van der Waals surface area (Å²) in [6, 6.07) is 23.0. The Morgan fingerprint density at radius 1 is 0.935 bits per heavy atom. The molecule has 0 spiro atoms. The number of nitrogens with one attached hydrogen (secondary N) is 2. The number of nitriles is 1. The number of nitrogens with zero attached hydrogens (tertiary/aromatic N) is 7. The highest BCUT2D eigenvalue weighted by molar-refractivity contribution is 6.31. The van der Waals surface area contributed by atoms with Crippen LogP contribution in [0.4, 0.5) is 17.3 Å². The number of H-pyrrole nitrogens is 1.